The Balaban J connectivity index is 1.54. The molecule has 1 aromatic heterocycles. The van der Waals surface area contributed by atoms with Crippen LogP contribution in [-0.4, -0.2) is 21.9 Å². The first-order valence-electron chi connectivity index (χ1n) is 8.64. The van der Waals surface area contributed by atoms with E-state index < -0.39 is 0 Å². The summed E-state index contributed by atoms with van der Waals surface area (Å²) in [4.78, 5) is 12.2. The normalized spacial score (nSPS) is 12.0. The maximum absolute atomic E-state index is 12.2. The molecule has 0 aliphatic carbocycles. The maximum Gasteiger partial charge on any atom is 0.277 e. The number of aromatic nitrogens is 2. The number of amides is 1. The summed E-state index contributed by atoms with van der Waals surface area (Å²) < 4.78 is 5.60. The van der Waals surface area contributed by atoms with Crippen LogP contribution >= 0.6 is 11.8 Å². The molecule has 0 aliphatic heterocycles. The molecule has 0 saturated carbocycles. The second-order valence-corrected chi connectivity index (χ2v) is 7.23. The van der Waals surface area contributed by atoms with E-state index in [4.69, 9.17) is 10.2 Å². The average Bonchev–Trinajstić information content (AvgIpc) is 3.13. The molecule has 1 unspecified atom stereocenters. The van der Waals surface area contributed by atoms with Gasteiger partial charge in [0, 0.05) is 5.69 Å². The van der Waals surface area contributed by atoms with Gasteiger partial charge in [0.2, 0.25) is 11.8 Å². The van der Waals surface area contributed by atoms with Crippen molar-refractivity contribution < 1.29 is 9.21 Å². The second kappa shape index (κ2) is 8.83. The highest BCUT2D eigenvalue weighted by molar-refractivity contribution is 7.99. The topological polar surface area (TPSA) is 94.0 Å². The van der Waals surface area contributed by atoms with Gasteiger partial charge in [-0.2, -0.15) is 0 Å². The number of carbonyl (C=O) groups excluding carboxylic acids is 1. The van der Waals surface area contributed by atoms with Crippen LogP contribution in [0.25, 0.3) is 0 Å². The van der Waals surface area contributed by atoms with Gasteiger partial charge in [0.1, 0.15) is 0 Å². The number of aryl methyl sites for hydroxylation is 2. The van der Waals surface area contributed by atoms with Crippen LogP contribution in [0.1, 0.15) is 28.6 Å². The van der Waals surface area contributed by atoms with Gasteiger partial charge >= 0.3 is 0 Å². The Morgan fingerprint density at radius 2 is 1.81 bits per heavy atom. The van der Waals surface area contributed by atoms with Crippen LogP contribution < -0.4 is 11.1 Å². The Bertz CT molecular complexity index is 891. The van der Waals surface area contributed by atoms with Crippen molar-refractivity contribution in [2.45, 2.75) is 31.5 Å². The molecular formula is C20H22N4O2S. The van der Waals surface area contributed by atoms with Gasteiger partial charge in [-0.3, -0.25) is 4.79 Å². The minimum Gasteiger partial charge on any atom is -0.414 e. The third-order valence-electron chi connectivity index (χ3n) is 4.11. The number of para-hydroxylation sites is 1. The summed E-state index contributed by atoms with van der Waals surface area (Å²) >= 11 is 1.20. The summed E-state index contributed by atoms with van der Waals surface area (Å²) in [5, 5.41) is 11.3. The molecule has 3 N–H and O–H groups in total. The van der Waals surface area contributed by atoms with Crippen molar-refractivity contribution in [1.29, 1.82) is 0 Å². The first-order valence-corrected chi connectivity index (χ1v) is 9.63. The van der Waals surface area contributed by atoms with Crippen molar-refractivity contribution in [1.82, 2.24) is 10.2 Å². The molecular weight excluding hydrogens is 360 g/mol. The number of carbonyl (C=O) groups is 1. The van der Waals surface area contributed by atoms with Crippen molar-refractivity contribution in [3.8, 4) is 0 Å². The molecule has 0 saturated heterocycles. The fraction of sp³-hybridized carbons (Fsp3) is 0.250. The molecule has 0 radical (unpaired) electrons. The number of nitrogens with two attached hydrogens (primary N) is 1. The number of hydrogen-bond donors (Lipinski definition) is 2. The fourth-order valence-electron chi connectivity index (χ4n) is 2.70. The lowest BCUT2D eigenvalue weighted by Gasteiger charge is -2.10. The molecule has 0 bridgehead atoms. The van der Waals surface area contributed by atoms with Crippen molar-refractivity contribution in [2.75, 3.05) is 11.1 Å². The molecule has 6 nitrogen and oxygen atoms in total. The van der Waals surface area contributed by atoms with Gasteiger partial charge in [-0.05, 0) is 37.0 Å². The van der Waals surface area contributed by atoms with Crippen molar-refractivity contribution in [3.05, 3.63) is 71.1 Å². The first kappa shape index (κ1) is 19.1. The predicted molar refractivity (Wildman–Crippen MR) is 107 cm³/mol. The molecule has 1 heterocycles. The average molecular weight is 382 g/mol. The first-order chi connectivity index (χ1) is 13.0. The van der Waals surface area contributed by atoms with E-state index in [9.17, 15) is 4.79 Å². The highest BCUT2D eigenvalue weighted by Gasteiger charge is 2.16. The van der Waals surface area contributed by atoms with E-state index in [1.807, 2.05) is 62.4 Å². The monoisotopic (exact) mass is 382 g/mol. The summed E-state index contributed by atoms with van der Waals surface area (Å²) in [6.45, 7) is 3.93. The zero-order valence-corrected chi connectivity index (χ0v) is 16.1. The Morgan fingerprint density at radius 1 is 1.11 bits per heavy atom. The molecule has 0 spiro atoms. The number of hydrogen-bond acceptors (Lipinski definition) is 6. The van der Waals surface area contributed by atoms with E-state index >= 15 is 0 Å². The van der Waals surface area contributed by atoms with E-state index in [1.165, 1.54) is 11.8 Å². The minimum absolute atomic E-state index is 0.120. The molecule has 0 fully saturated rings. The lowest BCUT2D eigenvalue weighted by Crippen LogP contribution is -2.15. The maximum atomic E-state index is 12.2. The Morgan fingerprint density at radius 3 is 2.52 bits per heavy atom. The van der Waals surface area contributed by atoms with Gasteiger partial charge in [0.15, 0.2) is 0 Å². The van der Waals surface area contributed by atoms with Crippen molar-refractivity contribution in [3.63, 3.8) is 0 Å². The molecule has 1 atom stereocenters. The highest BCUT2D eigenvalue weighted by Crippen LogP contribution is 2.23. The predicted octanol–water partition coefficient (Wildman–Crippen LogP) is 3.66. The molecule has 7 heteroatoms. The molecule has 0 aliphatic rings. The largest absolute Gasteiger partial charge is 0.414 e. The van der Waals surface area contributed by atoms with Gasteiger partial charge in [0.25, 0.3) is 5.22 Å². The Labute approximate surface area is 162 Å². The number of rotatable bonds is 7. The number of anilines is 1. The van der Waals surface area contributed by atoms with E-state index in [-0.39, 0.29) is 17.7 Å². The lowest BCUT2D eigenvalue weighted by atomic mass is 10.1. The zero-order chi connectivity index (χ0) is 19.2. The van der Waals surface area contributed by atoms with Gasteiger partial charge in [0.05, 0.1) is 11.8 Å². The van der Waals surface area contributed by atoms with Gasteiger partial charge in [-0.15, -0.1) is 10.2 Å². The number of nitrogens with zero attached hydrogens (tertiary/aromatic N) is 2. The van der Waals surface area contributed by atoms with Crippen LogP contribution in [0.15, 0.2) is 58.2 Å². The van der Waals surface area contributed by atoms with E-state index in [0.29, 0.717) is 17.5 Å². The van der Waals surface area contributed by atoms with E-state index in [2.05, 4.69) is 15.5 Å². The summed E-state index contributed by atoms with van der Waals surface area (Å²) in [5.74, 6) is 0.436. The van der Waals surface area contributed by atoms with Crippen molar-refractivity contribution >= 4 is 23.4 Å². The standard InChI is InChI=1S/C20H22N4O2S/c1-13-7-6-8-14(2)18(13)22-17(25)12-27-20-24-23-19(26-20)16(21)11-15-9-4-3-5-10-15/h3-10,16H,11-12,21H2,1-2H3,(H,22,25). The summed E-state index contributed by atoms with van der Waals surface area (Å²) in [6, 6.07) is 15.4. The molecule has 2 aromatic carbocycles. The van der Waals surface area contributed by atoms with Crippen LogP contribution in [0.5, 0.6) is 0 Å². The summed E-state index contributed by atoms with van der Waals surface area (Å²) in [5.41, 5.74) is 10.2. The summed E-state index contributed by atoms with van der Waals surface area (Å²) in [6.07, 6.45) is 0.611. The quantitative estimate of drug-likeness (QED) is 0.606. The number of benzene rings is 2. The minimum atomic E-state index is -0.377. The second-order valence-electron chi connectivity index (χ2n) is 6.31. The van der Waals surface area contributed by atoms with E-state index in [1.54, 1.807) is 0 Å². The Hall–Kier alpha value is -2.64. The van der Waals surface area contributed by atoms with Crippen molar-refractivity contribution in [2.24, 2.45) is 5.73 Å². The van der Waals surface area contributed by atoms with Gasteiger partial charge in [-0.1, -0.05) is 60.3 Å². The molecule has 27 heavy (non-hydrogen) atoms. The summed E-state index contributed by atoms with van der Waals surface area (Å²) in [7, 11) is 0. The van der Waals surface area contributed by atoms with Gasteiger partial charge in [-0.25, -0.2) is 0 Å². The Kier molecular flexibility index (Phi) is 6.26. The molecule has 3 rings (SSSR count). The molecule has 3 aromatic rings. The van der Waals surface area contributed by atoms with Crippen LogP contribution in [0.2, 0.25) is 0 Å². The highest BCUT2D eigenvalue weighted by atomic mass is 32.2. The zero-order valence-electron chi connectivity index (χ0n) is 15.3. The smallest absolute Gasteiger partial charge is 0.277 e. The third-order valence-corrected chi connectivity index (χ3v) is 4.93. The van der Waals surface area contributed by atoms with Crippen LogP contribution in [0.4, 0.5) is 5.69 Å². The van der Waals surface area contributed by atoms with Crippen LogP contribution in [0, 0.1) is 13.8 Å². The third kappa shape index (κ3) is 5.18. The number of thioether (sulfide) groups is 1. The van der Waals surface area contributed by atoms with E-state index in [0.717, 1.165) is 22.4 Å². The number of nitrogens with one attached hydrogen (secondary N) is 1. The van der Waals surface area contributed by atoms with Crippen LogP contribution in [-0.2, 0) is 11.2 Å². The van der Waals surface area contributed by atoms with Gasteiger partial charge < -0.3 is 15.5 Å². The molecule has 140 valence electrons. The van der Waals surface area contributed by atoms with Crippen LogP contribution in [0.3, 0.4) is 0 Å². The SMILES string of the molecule is Cc1cccc(C)c1NC(=O)CSc1nnc(C(N)Cc2ccccc2)o1. The fourth-order valence-corrected chi connectivity index (χ4v) is 3.27. The lowest BCUT2D eigenvalue weighted by molar-refractivity contribution is -0.113. The molecule has 1 amide bonds.